The smallest absolute Gasteiger partial charge is 0.326 e. The van der Waals surface area contributed by atoms with E-state index in [1.165, 1.54) is 0 Å². The van der Waals surface area contributed by atoms with Gasteiger partial charge in [0.05, 0.1) is 0 Å². The van der Waals surface area contributed by atoms with E-state index in [-0.39, 0.29) is 18.7 Å². The molecule has 0 radical (unpaired) electrons. The summed E-state index contributed by atoms with van der Waals surface area (Å²) in [6, 6.07) is 15.0. The summed E-state index contributed by atoms with van der Waals surface area (Å²) in [7, 11) is 0. The second-order valence-corrected chi connectivity index (χ2v) is 8.02. The van der Waals surface area contributed by atoms with Crippen LogP contribution in [0.4, 0.5) is 0 Å². The van der Waals surface area contributed by atoms with Crippen LogP contribution in [0.1, 0.15) is 30.0 Å². The zero-order valence-corrected chi connectivity index (χ0v) is 17.8. The lowest BCUT2D eigenvalue weighted by atomic mass is 9.92. The van der Waals surface area contributed by atoms with Gasteiger partial charge < -0.3 is 10.4 Å². The van der Waals surface area contributed by atoms with Crippen LogP contribution in [0, 0.1) is 0 Å². The number of thiol groups is 1. The lowest BCUT2D eigenvalue weighted by molar-refractivity contribution is -0.141. The van der Waals surface area contributed by atoms with Crippen molar-refractivity contribution >= 4 is 35.8 Å². The topological polar surface area (TPSA) is 66.4 Å². The van der Waals surface area contributed by atoms with Crippen molar-refractivity contribution in [3.8, 4) is 11.1 Å². The molecular formula is C23H23NO3S2. The molecule has 3 rings (SSSR count). The van der Waals surface area contributed by atoms with Crippen molar-refractivity contribution in [2.24, 2.45) is 0 Å². The van der Waals surface area contributed by atoms with Crippen molar-refractivity contribution in [1.29, 1.82) is 0 Å². The summed E-state index contributed by atoms with van der Waals surface area (Å²) in [6.07, 6.45) is 1.09. The Morgan fingerprint density at radius 3 is 2.52 bits per heavy atom. The van der Waals surface area contributed by atoms with Crippen molar-refractivity contribution in [2.45, 2.75) is 37.1 Å². The first-order valence-electron chi connectivity index (χ1n) is 9.42. The molecule has 4 nitrogen and oxygen atoms in total. The van der Waals surface area contributed by atoms with Gasteiger partial charge in [-0.2, -0.15) is 11.3 Å². The molecule has 0 aliphatic heterocycles. The summed E-state index contributed by atoms with van der Waals surface area (Å²) in [4.78, 5) is 24.4. The van der Waals surface area contributed by atoms with Gasteiger partial charge in [-0.3, -0.25) is 4.79 Å². The third-order valence-electron chi connectivity index (χ3n) is 4.81. The second kappa shape index (κ2) is 9.76. The molecule has 0 spiro atoms. The van der Waals surface area contributed by atoms with E-state index in [0.717, 1.165) is 32.7 Å². The molecule has 6 heteroatoms. The normalized spacial score (nSPS) is 11.8. The fourth-order valence-electron chi connectivity index (χ4n) is 3.23. The molecule has 0 saturated carbocycles. The number of hydrogen-bond donors (Lipinski definition) is 3. The summed E-state index contributed by atoms with van der Waals surface area (Å²) >= 11 is 6.45. The molecule has 0 aliphatic rings. The Labute approximate surface area is 180 Å². The first-order valence-corrected chi connectivity index (χ1v) is 10.8. The predicted octanol–water partition coefficient (Wildman–Crippen LogP) is 4.82. The van der Waals surface area contributed by atoms with Crippen LogP contribution in [0.25, 0.3) is 11.1 Å². The quantitative estimate of drug-likeness (QED) is 0.454. The molecule has 3 aromatic rings. The highest BCUT2D eigenvalue weighted by Crippen LogP contribution is 2.34. The largest absolute Gasteiger partial charge is 0.480 e. The van der Waals surface area contributed by atoms with Crippen molar-refractivity contribution in [3.63, 3.8) is 0 Å². The number of carbonyl (C=O) groups excluding carboxylic acids is 1. The molecule has 1 atom stereocenters. The second-order valence-electron chi connectivity index (χ2n) is 6.79. The van der Waals surface area contributed by atoms with Crippen molar-refractivity contribution in [3.05, 3.63) is 76.0 Å². The van der Waals surface area contributed by atoms with E-state index in [0.29, 0.717) is 6.42 Å². The van der Waals surface area contributed by atoms with Crippen molar-refractivity contribution in [2.75, 3.05) is 0 Å². The maximum Gasteiger partial charge on any atom is 0.326 e. The van der Waals surface area contributed by atoms with Crippen LogP contribution in [-0.4, -0.2) is 23.0 Å². The Balaban J connectivity index is 2.02. The van der Waals surface area contributed by atoms with Gasteiger partial charge in [-0.25, -0.2) is 4.79 Å². The fourth-order valence-corrected chi connectivity index (χ4v) is 4.32. The van der Waals surface area contributed by atoms with Gasteiger partial charge in [-0.05, 0) is 51.1 Å². The third-order valence-corrected chi connectivity index (χ3v) is 6.01. The minimum atomic E-state index is -1.04. The third kappa shape index (κ3) is 5.28. The van der Waals surface area contributed by atoms with E-state index in [9.17, 15) is 14.7 Å². The summed E-state index contributed by atoms with van der Waals surface area (Å²) < 4.78 is 0. The van der Waals surface area contributed by atoms with E-state index in [4.69, 9.17) is 12.6 Å². The molecule has 0 fully saturated rings. The highest BCUT2D eigenvalue weighted by molar-refractivity contribution is 7.80. The molecule has 1 heterocycles. The lowest BCUT2D eigenvalue weighted by Gasteiger charge is -2.20. The lowest BCUT2D eigenvalue weighted by Crippen LogP contribution is -2.42. The van der Waals surface area contributed by atoms with Crippen LogP contribution in [0.15, 0.2) is 64.2 Å². The molecule has 2 aromatic carbocycles. The van der Waals surface area contributed by atoms with Gasteiger partial charge in [-0.15, -0.1) is 12.6 Å². The minimum Gasteiger partial charge on any atom is -0.480 e. The van der Waals surface area contributed by atoms with E-state index in [2.05, 4.69) is 10.7 Å². The Bertz CT molecular complexity index is 985. The average Bonchev–Trinajstić information content (AvgIpc) is 3.25. The van der Waals surface area contributed by atoms with E-state index in [1.807, 2.05) is 53.9 Å². The first kappa shape index (κ1) is 21.1. The maximum absolute atomic E-state index is 11.8. The standard InChI is InChI=1S/C23H23NO3S2/c1-2-21(25)24-20(23(26)27)13-16-8-9-18(17-10-11-29-14-17)22(28)19(16)12-15-6-4-3-5-7-15/h3-11,14,20,28H,2,12-13H2,1H3,(H,24,25)(H,26,27)/t20-/m0/s1. The molecule has 1 aromatic heterocycles. The van der Waals surface area contributed by atoms with Crippen molar-refractivity contribution < 1.29 is 14.7 Å². The summed E-state index contributed by atoms with van der Waals surface area (Å²) in [5.41, 5.74) is 5.10. The Morgan fingerprint density at radius 1 is 1.14 bits per heavy atom. The molecule has 29 heavy (non-hydrogen) atoms. The van der Waals surface area contributed by atoms with E-state index in [1.54, 1.807) is 18.3 Å². The average molecular weight is 426 g/mol. The highest BCUT2D eigenvalue weighted by atomic mass is 32.1. The van der Waals surface area contributed by atoms with Gasteiger partial charge in [-0.1, -0.05) is 49.4 Å². The first-order chi connectivity index (χ1) is 14.0. The predicted molar refractivity (Wildman–Crippen MR) is 120 cm³/mol. The number of aliphatic carboxylic acids is 1. The molecule has 0 unspecified atom stereocenters. The van der Waals surface area contributed by atoms with Crippen molar-refractivity contribution in [1.82, 2.24) is 5.32 Å². The molecule has 0 aliphatic carbocycles. The molecule has 0 bridgehead atoms. The van der Waals surface area contributed by atoms with Crippen LogP contribution in [0.3, 0.4) is 0 Å². The van der Waals surface area contributed by atoms with E-state index < -0.39 is 12.0 Å². The number of rotatable bonds is 8. The Morgan fingerprint density at radius 2 is 1.90 bits per heavy atom. The molecule has 1 amide bonds. The van der Waals surface area contributed by atoms with Gasteiger partial charge in [0.15, 0.2) is 0 Å². The van der Waals surface area contributed by atoms with E-state index >= 15 is 0 Å². The molecule has 0 saturated heterocycles. The SMILES string of the molecule is CCC(=O)N[C@@H](Cc1ccc(-c2ccsc2)c(S)c1Cc1ccccc1)C(=O)O. The van der Waals surface area contributed by atoms with Crippen LogP contribution < -0.4 is 5.32 Å². The summed E-state index contributed by atoms with van der Waals surface area (Å²) in [6.45, 7) is 1.70. The fraction of sp³-hybridized carbons (Fsp3) is 0.217. The van der Waals surface area contributed by atoms with Gasteiger partial charge in [0, 0.05) is 17.7 Å². The number of carboxylic acids is 1. The number of hydrogen-bond acceptors (Lipinski definition) is 4. The molecule has 150 valence electrons. The monoisotopic (exact) mass is 425 g/mol. The maximum atomic E-state index is 11.8. The minimum absolute atomic E-state index is 0.209. The zero-order chi connectivity index (χ0) is 20.8. The Hall–Kier alpha value is -2.57. The zero-order valence-electron chi connectivity index (χ0n) is 16.1. The Kier molecular flexibility index (Phi) is 7.12. The number of carbonyl (C=O) groups is 2. The van der Waals surface area contributed by atoms with Crippen LogP contribution in [0.2, 0.25) is 0 Å². The van der Waals surface area contributed by atoms with Crippen LogP contribution in [-0.2, 0) is 22.4 Å². The number of benzene rings is 2. The number of carboxylic acid groups (broad SMARTS) is 1. The van der Waals surface area contributed by atoms with Gasteiger partial charge in [0.25, 0.3) is 0 Å². The molecule has 2 N–H and O–H groups in total. The van der Waals surface area contributed by atoms with Crippen LogP contribution >= 0.6 is 24.0 Å². The van der Waals surface area contributed by atoms with Gasteiger partial charge in [0.1, 0.15) is 6.04 Å². The summed E-state index contributed by atoms with van der Waals surface area (Å²) in [5.74, 6) is -1.32. The van der Waals surface area contributed by atoms with Crippen LogP contribution in [0.5, 0.6) is 0 Å². The number of amides is 1. The number of thiophene rings is 1. The number of nitrogens with one attached hydrogen (secondary N) is 1. The summed E-state index contributed by atoms with van der Waals surface area (Å²) in [5, 5.41) is 16.3. The van der Waals surface area contributed by atoms with Gasteiger partial charge in [0.2, 0.25) is 5.91 Å². The molecular weight excluding hydrogens is 402 g/mol. The highest BCUT2D eigenvalue weighted by Gasteiger charge is 2.23. The van der Waals surface area contributed by atoms with Gasteiger partial charge >= 0.3 is 5.97 Å².